The van der Waals surface area contributed by atoms with Crippen molar-refractivity contribution >= 4 is 27.7 Å². The van der Waals surface area contributed by atoms with Gasteiger partial charge in [0.25, 0.3) is 10.0 Å². The van der Waals surface area contributed by atoms with Crippen LogP contribution in [0.1, 0.15) is 38.2 Å². The molecule has 0 radical (unpaired) electrons. The van der Waals surface area contributed by atoms with Crippen LogP contribution in [0.5, 0.6) is 0 Å². The third-order valence-electron chi connectivity index (χ3n) is 4.59. The number of nitrogens with one attached hydrogen (secondary N) is 1. The fraction of sp³-hybridized carbons (Fsp3) is 0.471. The molecule has 2 heterocycles. The summed E-state index contributed by atoms with van der Waals surface area (Å²) in [7, 11) is -3.62. The van der Waals surface area contributed by atoms with E-state index in [1.165, 1.54) is 11.0 Å². The van der Waals surface area contributed by atoms with Gasteiger partial charge in [-0.2, -0.15) is 0 Å². The maximum absolute atomic E-state index is 12.5. The van der Waals surface area contributed by atoms with Crippen molar-refractivity contribution in [2.75, 3.05) is 6.54 Å². The zero-order chi connectivity index (χ0) is 18.9. The van der Waals surface area contributed by atoms with Crippen LogP contribution in [0.15, 0.2) is 34.2 Å². The Hall–Kier alpha value is -2.42. The average molecular weight is 379 g/mol. The molecular formula is C17H21N3O5S. The number of aliphatic carboxylic acids is 1. The lowest BCUT2D eigenvalue weighted by molar-refractivity contribution is -0.152. The number of fused-ring (bicyclic) bond motifs is 1. The molecule has 2 N–H and O–H groups in total. The zero-order valence-corrected chi connectivity index (χ0v) is 15.2. The Morgan fingerprint density at radius 2 is 2.08 bits per heavy atom. The molecule has 1 saturated heterocycles. The Labute approximate surface area is 152 Å². The second kappa shape index (κ2) is 7.06. The molecule has 2 aliphatic heterocycles. The first kappa shape index (κ1) is 18.4. The van der Waals surface area contributed by atoms with Crippen molar-refractivity contribution in [3.63, 3.8) is 0 Å². The third-order valence-corrected chi connectivity index (χ3v) is 5.99. The van der Waals surface area contributed by atoms with Crippen molar-refractivity contribution in [3.8, 4) is 0 Å². The molecule has 1 aromatic rings. The Morgan fingerprint density at radius 1 is 1.35 bits per heavy atom. The lowest BCUT2D eigenvalue weighted by Crippen LogP contribution is -2.48. The number of piperidine rings is 1. The van der Waals surface area contributed by atoms with Gasteiger partial charge in [0, 0.05) is 18.5 Å². The van der Waals surface area contributed by atoms with Crippen LogP contribution in [0, 0.1) is 0 Å². The van der Waals surface area contributed by atoms with E-state index in [4.69, 9.17) is 0 Å². The molecule has 140 valence electrons. The summed E-state index contributed by atoms with van der Waals surface area (Å²) < 4.78 is 26.6. The van der Waals surface area contributed by atoms with E-state index < -0.39 is 28.1 Å². The van der Waals surface area contributed by atoms with Gasteiger partial charge in [-0.05, 0) is 38.3 Å². The lowest BCUT2D eigenvalue weighted by Gasteiger charge is -2.33. The molecule has 0 bridgehead atoms. The molecule has 0 aromatic heterocycles. The molecule has 0 spiro atoms. The summed E-state index contributed by atoms with van der Waals surface area (Å²) >= 11 is 0. The van der Waals surface area contributed by atoms with Crippen LogP contribution in [0.3, 0.4) is 0 Å². The van der Waals surface area contributed by atoms with Gasteiger partial charge in [0.05, 0.1) is 10.9 Å². The number of carbonyl (C=O) groups is 2. The molecule has 2 unspecified atom stereocenters. The van der Waals surface area contributed by atoms with Crippen LogP contribution in [-0.4, -0.2) is 54.8 Å². The Kier molecular flexibility index (Phi) is 4.99. The first-order valence-electron chi connectivity index (χ1n) is 8.52. The topological polar surface area (TPSA) is 116 Å². The summed E-state index contributed by atoms with van der Waals surface area (Å²) in [6, 6.07) is 5.24. The van der Waals surface area contributed by atoms with Gasteiger partial charge in [0.15, 0.2) is 0 Å². The minimum absolute atomic E-state index is 0.0250. The van der Waals surface area contributed by atoms with Crippen molar-refractivity contribution in [2.24, 2.45) is 4.99 Å². The number of nitrogens with zero attached hydrogens (tertiary/aromatic N) is 2. The van der Waals surface area contributed by atoms with E-state index in [9.17, 15) is 23.1 Å². The number of carbonyl (C=O) groups excluding carboxylic acids is 1. The summed E-state index contributed by atoms with van der Waals surface area (Å²) in [4.78, 5) is 29.8. The highest BCUT2D eigenvalue weighted by Gasteiger charge is 2.33. The van der Waals surface area contributed by atoms with Crippen molar-refractivity contribution < 1.29 is 23.1 Å². The Morgan fingerprint density at radius 3 is 2.81 bits per heavy atom. The Bertz CT molecular complexity index is 865. The number of amidine groups is 1. The third kappa shape index (κ3) is 3.57. The second-order valence-corrected chi connectivity index (χ2v) is 8.22. The first-order chi connectivity index (χ1) is 12.3. The second-order valence-electron chi connectivity index (χ2n) is 6.57. The van der Waals surface area contributed by atoms with E-state index in [1.807, 2.05) is 0 Å². The molecule has 2 atom stereocenters. The molecule has 9 heteroatoms. The standard InChI is InChI=1S/C17H21N3O5S/c1-11(10-15(21)20-9-5-4-7-13(20)17(22)23)18-16-12-6-2-3-8-14(12)26(24,25)19-16/h2-3,6,8,11,13H,4-5,7,9-10H2,1H3,(H,18,19)(H,22,23). The fourth-order valence-corrected chi connectivity index (χ4v) is 4.59. The minimum Gasteiger partial charge on any atom is -0.480 e. The molecule has 2 aliphatic rings. The number of carboxylic acids is 1. The van der Waals surface area contributed by atoms with Crippen LogP contribution in [-0.2, 0) is 19.6 Å². The summed E-state index contributed by atoms with van der Waals surface area (Å²) in [5, 5.41) is 9.29. The van der Waals surface area contributed by atoms with Crippen LogP contribution in [0.2, 0.25) is 0 Å². The quantitative estimate of drug-likeness (QED) is 0.809. The van der Waals surface area contributed by atoms with E-state index in [2.05, 4.69) is 9.71 Å². The van der Waals surface area contributed by atoms with Gasteiger partial charge in [0.2, 0.25) is 5.91 Å². The van der Waals surface area contributed by atoms with Crippen molar-refractivity contribution in [1.82, 2.24) is 9.62 Å². The summed E-state index contributed by atoms with van der Waals surface area (Å²) in [5.74, 6) is -1.05. The number of sulfonamides is 1. The Balaban J connectivity index is 1.75. The van der Waals surface area contributed by atoms with Gasteiger partial charge in [0.1, 0.15) is 11.9 Å². The number of amides is 1. The number of aliphatic imine (C=N–C) groups is 1. The SMILES string of the molecule is CC(CC(=O)N1CCCCC1C(=O)O)N=C1NS(=O)(=O)c2ccccc21. The molecule has 1 fully saturated rings. The van der Waals surface area contributed by atoms with Gasteiger partial charge in [-0.3, -0.25) is 14.5 Å². The predicted molar refractivity (Wildman–Crippen MR) is 94.4 cm³/mol. The van der Waals surface area contributed by atoms with Gasteiger partial charge < -0.3 is 10.0 Å². The highest BCUT2D eigenvalue weighted by molar-refractivity contribution is 7.90. The van der Waals surface area contributed by atoms with E-state index in [0.717, 1.165) is 12.8 Å². The van der Waals surface area contributed by atoms with Gasteiger partial charge >= 0.3 is 5.97 Å². The van der Waals surface area contributed by atoms with Crippen molar-refractivity contribution in [3.05, 3.63) is 29.8 Å². The highest BCUT2D eigenvalue weighted by Crippen LogP contribution is 2.23. The molecule has 0 aliphatic carbocycles. The monoisotopic (exact) mass is 379 g/mol. The largest absolute Gasteiger partial charge is 0.480 e. The maximum Gasteiger partial charge on any atom is 0.326 e. The normalized spacial score (nSPS) is 24.0. The average Bonchev–Trinajstić information content (AvgIpc) is 2.85. The molecule has 3 rings (SSSR count). The molecule has 0 saturated carbocycles. The number of carboxylic acid groups (broad SMARTS) is 1. The molecule has 1 aromatic carbocycles. The molecular weight excluding hydrogens is 358 g/mol. The summed E-state index contributed by atoms with van der Waals surface area (Å²) in [6.45, 7) is 2.13. The van der Waals surface area contributed by atoms with Crippen LogP contribution >= 0.6 is 0 Å². The van der Waals surface area contributed by atoms with Crippen LogP contribution in [0.4, 0.5) is 0 Å². The van der Waals surface area contributed by atoms with Gasteiger partial charge in [-0.1, -0.05) is 12.1 Å². The van der Waals surface area contributed by atoms with Crippen molar-refractivity contribution in [1.29, 1.82) is 0 Å². The van der Waals surface area contributed by atoms with E-state index >= 15 is 0 Å². The van der Waals surface area contributed by atoms with Crippen LogP contribution < -0.4 is 4.72 Å². The fourth-order valence-electron chi connectivity index (χ4n) is 3.35. The minimum atomic E-state index is -3.62. The van der Waals surface area contributed by atoms with Crippen LogP contribution in [0.25, 0.3) is 0 Å². The number of hydrogen-bond donors (Lipinski definition) is 2. The molecule has 8 nitrogen and oxygen atoms in total. The van der Waals surface area contributed by atoms with E-state index in [1.54, 1.807) is 25.1 Å². The van der Waals surface area contributed by atoms with Gasteiger partial charge in [-0.25, -0.2) is 13.2 Å². The predicted octanol–water partition coefficient (Wildman–Crippen LogP) is 0.969. The number of likely N-dealkylation sites (tertiary alicyclic amines) is 1. The van der Waals surface area contributed by atoms with E-state index in [0.29, 0.717) is 18.5 Å². The van der Waals surface area contributed by atoms with E-state index in [-0.39, 0.29) is 23.1 Å². The summed E-state index contributed by atoms with van der Waals surface area (Å²) in [6.07, 6.45) is 2.05. The summed E-state index contributed by atoms with van der Waals surface area (Å²) in [5.41, 5.74) is 0.480. The number of hydrogen-bond acceptors (Lipinski definition) is 5. The lowest BCUT2D eigenvalue weighted by atomic mass is 10.0. The van der Waals surface area contributed by atoms with Gasteiger partial charge in [-0.15, -0.1) is 0 Å². The number of rotatable bonds is 4. The number of benzene rings is 1. The van der Waals surface area contributed by atoms with Crippen molar-refractivity contribution in [2.45, 2.75) is 49.6 Å². The molecule has 1 amide bonds. The maximum atomic E-state index is 12.5. The first-order valence-corrected chi connectivity index (χ1v) is 10.00. The highest BCUT2D eigenvalue weighted by atomic mass is 32.2. The zero-order valence-electron chi connectivity index (χ0n) is 14.4. The molecule has 26 heavy (non-hydrogen) atoms. The smallest absolute Gasteiger partial charge is 0.326 e.